The number of benzene rings is 3. The Morgan fingerprint density at radius 3 is 1.94 bits per heavy atom. The molecular weight excluding hydrogens is 438 g/mol. The Kier molecular flexibility index (Phi) is 6.82. The molecule has 0 atom stereocenters. The van der Waals surface area contributed by atoms with Crippen LogP contribution < -0.4 is 10.2 Å². The lowest BCUT2D eigenvalue weighted by Crippen LogP contribution is -2.48. The quantitative estimate of drug-likeness (QED) is 0.508. The van der Waals surface area contributed by atoms with Gasteiger partial charge in [0.25, 0.3) is 0 Å². The summed E-state index contributed by atoms with van der Waals surface area (Å²) in [5.41, 5.74) is 3.94. The van der Waals surface area contributed by atoms with Crippen molar-refractivity contribution < 1.29 is 14.7 Å². The highest BCUT2D eigenvalue weighted by molar-refractivity contribution is 6.02. The van der Waals surface area contributed by atoms with E-state index in [9.17, 15) is 14.7 Å². The zero-order valence-electron chi connectivity index (χ0n) is 19.8. The fraction of sp³-hybridized carbons (Fsp3) is 0.310. The predicted octanol–water partition coefficient (Wildman–Crippen LogP) is 5.04. The van der Waals surface area contributed by atoms with E-state index in [4.69, 9.17) is 0 Å². The van der Waals surface area contributed by atoms with Crippen molar-refractivity contribution in [2.45, 2.75) is 25.3 Å². The summed E-state index contributed by atoms with van der Waals surface area (Å²) in [6.45, 7) is 3.31. The molecule has 35 heavy (non-hydrogen) atoms. The first kappa shape index (κ1) is 23.1. The first-order chi connectivity index (χ1) is 17.1. The molecule has 2 N–H and O–H groups in total. The van der Waals surface area contributed by atoms with Crippen LogP contribution in [0.15, 0.2) is 78.9 Å². The highest BCUT2D eigenvalue weighted by Crippen LogP contribution is 2.32. The van der Waals surface area contributed by atoms with E-state index in [-0.39, 0.29) is 23.4 Å². The smallest absolute Gasteiger partial charge is 0.337 e. The van der Waals surface area contributed by atoms with Crippen LogP contribution >= 0.6 is 0 Å². The number of hydrogen-bond acceptors (Lipinski definition) is 4. The third-order valence-electron chi connectivity index (χ3n) is 7.24. The Hall–Kier alpha value is -3.64. The molecule has 0 spiro atoms. The summed E-state index contributed by atoms with van der Waals surface area (Å²) < 4.78 is 0. The summed E-state index contributed by atoms with van der Waals surface area (Å²) in [5.74, 6) is -1.10. The topological polar surface area (TPSA) is 72.9 Å². The number of aromatic carboxylic acids is 1. The summed E-state index contributed by atoms with van der Waals surface area (Å²) in [6.07, 6.45) is 2.82. The molecule has 2 fully saturated rings. The summed E-state index contributed by atoms with van der Waals surface area (Å²) in [5, 5.41) is 12.6. The Labute approximate surface area is 206 Å². The molecule has 1 saturated heterocycles. The number of rotatable bonds is 7. The molecule has 1 heterocycles. The average Bonchev–Trinajstić information content (AvgIpc) is 2.85. The minimum Gasteiger partial charge on any atom is -0.478 e. The molecule has 6 nitrogen and oxygen atoms in total. The lowest BCUT2D eigenvalue weighted by atomic mass is 9.85. The van der Waals surface area contributed by atoms with Crippen molar-refractivity contribution in [3.63, 3.8) is 0 Å². The van der Waals surface area contributed by atoms with E-state index in [1.807, 2.05) is 18.2 Å². The minimum atomic E-state index is -1.03. The largest absolute Gasteiger partial charge is 0.478 e. The summed E-state index contributed by atoms with van der Waals surface area (Å²) in [6, 6.07) is 26.7. The summed E-state index contributed by atoms with van der Waals surface area (Å²) in [4.78, 5) is 29.1. The van der Waals surface area contributed by atoms with Gasteiger partial charge in [-0.2, -0.15) is 0 Å². The standard InChI is InChI=1S/C29H31N3O3/c33-28(23-12-7-13-23)30-26-15-14-24(20-25(26)29(34)35)31-16-18-32(19-17-31)27(21-8-3-1-4-9-21)22-10-5-2-6-11-22/h1-6,8-11,14-15,20,23,27H,7,12-13,16-19H2,(H,30,33)(H,34,35). The first-order valence-corrected chi connectivity index (χ1v) is 12.4. The van der Waals surface area contributed by atoms with E-state index in [1.54, 1.807) is 12.1 Å². The SMILES string of the molecule is O=C(O)c1cc(N2CCN(C(c3ccccc3)c3ccccc3)CC2)ccc1NC(=O)C1CCC1. The lowest BCUT2D eigenvalue weighted by molar-refractivity contribution is -0.122. The molecule has 0 unspecified atom stereocenters. The Morgan fingerprint density at radius 2 is 1.43 bits per heavy atom. The van der Waals surface area contributed by atoms with Gasteiger partial charge in [-0.25, -0.2) is 4.79 Å². The molecule has 3 aromatic carbocycles. The molecule has 0 bridgehead atoms. The van der Waals surface area contributed by atoms with E-state index in [0.29, 0.717) is 5.69 Å². The van der Waals surface area contributed by atoms with Gasteiger partial charge in [-0.15, -0.1) is 0 Å². The summed E-state index contributed by atoms with van der Waals surface area (Å²) >= 11 is 0. The van der Waals surface area contributed by atoms with E-state index >= 15 is 0 Å². The van der Waals surface area contributed by atoms with Gasteiger partial charge in [-0.05, 0) is 42.2 Å². The van der Waals surface area contributed by atoms with E-state index in [0.717, 1.165) is 51.1 Å². The molecule has 0 radical (unpaired) electrons. The maximum absolute atomic E-state index is 12.4. The van der Waals surface area contributed by atoms with Gasteiger partial charge in [0, 0.05) is 37.8 Å². The Balaban J connectivity index is 1.31. The fourth-order valence-electron chi connectivity index (χ4n) is 5.04. The predicted molar refractivity (Wildman–Crippen MR) is 138 cm³/mol. The van der Waals surface area contributed by atoms with Crippen molar-refractivity contribution in [3.8, 4) is 0 Å². The van der Waals surface area contributed by atoms with Gasteiger partial charge in [0.05, 0.1) is 17.3 Å². The highest BCUT2D eigenvalue weighted by atomic mass is 16.4. The number of nitrogens with zero attached hydrogens (tertiary/aromatic N) is 2. The fourth-order valence-corrected chi connectivity index (χ4v) is 5.04. The maximum atomic E-state index is 12.4. The molecule has 2 aliphatic rings. The Morgan fingerprint density at radius 1 is 0.829 bits per heavy atom. The lowest BCUT2D eigenvalue weighted by Gasteiger charge is -2.40. The number of carbonyl (C=O) groups excluding carboxylic acids is 1. The molecule has 180 valence electrons. The second-order valence-electron chi connectivity index (χ2n) is 9.40. The van der Waals surface area contributed by atoms with E-state index < -0.39 is 5.97 Å². The molecule has 1 aliphatic heterocycles. The van der Waals surface area contributed by atoms with Gasteiger partial charge in [-0.3, -0.25) is 9.69 Å². The van der Waals surface area contributed by atoms with Crippen molar-refractivity contribution in [1.29, 1.82) is 0 Å². The highest BCUT2D eigenvalue weighted by Gasteiger charge is 2.28. The van der Waals surface area contributed by atoms with E-state index in [1.165, 1.54) is 11.1 Å². The third kappa shape index (κ3) is 5.08. The van der Waals surface area contributed by atoms with Crippen molar-refractivity contribution in [2.24, 2.45) is 5.92 Å². The number of carboxylic acid groups (broad SMARTS) is 1. The zero-order valence-corrected chi connectivity index (χ0v) is 19.8. The first-order valence-electron chi connectivity index (χ1n) is 12.4. The molecule has 3 aromatic rings. The number of nitrogens with one attached hydrogen (secondary N) is 1. The normalized spacial score (nSPS) is 16.7. The number of amides is 1. The number of carboxylic acids is 1. The third-order valence-corrected chi connectivity index (χ3v) is 7.24. The second-order valence-corrected chi connectivity index (χ2v) is 9.40. The number of hydrogen-bond donors (Lipinski definition) is 2. The van der Waals surface area contributed by atoms with E-state index in [2.05, 4.69) is 63.6 Å². The molecule has 1 aliphatic carbocycles. The molecule has 0 aromatic heterocycles. The maximum Gasteiger partial charge on any atom is 0.337 e. The van der Waals surface area contributed by atoms with Crippen molar-refractivity contribution >= 4 is 23.3 Å². The molecule has 1 amide bonds. The van der Waals surface area contributed by atoms with Crippen LogP contribution in [-0.2, 0) is 4.79 Å². The van der Waals surface area contributed by atoms with Crippen molar-refractivity contribution in [1.82, 2.24) is 4.90 Å². The van der Waals surface area contributed by atoms with Gasteiger partial charge in [0.2, 0.25) is 5.91 Å². The van der Waals surface area contributed by atoms with Crippen LogP contribution in [0.5, 0.6) is 0 Å². The zero-order chi connectivity index (χ0) is 24.2. The van der Waals surface area contributed by atoms with Gasteiger partial charge in [-0.1, -0.05) is 67.1 Å². The molecule has 1 saturated carbocycles. The van der Waals surface area contributed by atoms with Gasteiger partial charge in [0.15, 0.2) is 0 Å². The number of carbonyl (C=O) groups is 2. The number of piperazine rings is 1. The Bertz CT molecular complexity index is 1130. The van der Waals surface area contributed by atoms with Crippen LogP contribution in [0.2, 0.25) is 0 Å². The van der Waals surface area contributed by atoms with Gasteiger partial charge >= 0.3 is 5.97 Å². The van der Waals surface area contributed by atoms with Crippen LogP contribution in [-0.4, -0.2) is 48.1 Å². The van der Waals surface area contributed by atoms with Crippen molar-refractivity contribution in [3.05, 3.63) is 95.6 Å². The molecule has 6 heteroatoms. The molecular formula is C29H31N3O3. The average molecular weight is 470 g/mol. The second kappa shape index (κ2) is 10.3. The summed E-state index contributed by atoms with van der Waals surface area (Å²) in [7, 11) is 0. The van der Waals surface area contributed by atoms with Crippen LogP contribution in [0, 0.1) is 5.92 Å². The van der Waals surface area contributed by atoms with Gasteiger partial charge < -0.3 is 15.3 Å². The van der Waals surface area contributed by atoms with Crippen molar-refractivity contribution in [2.75, 3.05) is 36.4 Å². The minimum absolute atomic E-state index is 0.00609. The van der Waals surface area contributed by atoms with Crippen LogP contribution in [0.3, 0.4) is 0 Å². The molecule has 5 rings (SSSR count). The van der Waals surface area contributed by atoms with Gasteiger partial charge in [0.1, 0.15) is 0 Å². The number of anilines is 2. The van der Waals surface area contributed by atoms with Crippen LogP contribution in [0.25, 0.3) is 0 Å². The van der Waals surface area contributed by atoms with Crippen LogP contribution in [0.1, 0.15) is 46.8 Å². The van der Waals surface area contributed by atoms with Crippen LogP contribution in [0.4, 0.5) is 11.4 Å². The monoisotopic (exact) mass is 469 g/mol.